The van der Waals surface area contributed by atoms with Gasteiger partial charge in [-0.3, -0.25) is 4.79 Å². The first-order valence-electron chi connectivity index (χ1n) is 5.12. The van der Waals surface area contributed by atoms with Crippen LogP contribution in [0.4, 0.5) is 11.4 Å². The van der Waals surface area contributed by atoms with Gasteiger partial charge in [0.2, 0.25) is 0 Å². The van der Waals surface area contributed by atoms with Gasteiger partial charge < -0.3 is 16.2 Å². The van der Waals surface area contributed by atoms with Crippen molar-refractivity contribution in [2.45, 2.75) is 0 Å². The van der Waals surface area contributed by atoms with Crippen molar-refractivity contribution in [2.24, 2.45) is 0 Å². The summed E-state index contributed by atoms with van der Waals surface area (Å²) < 4.78 is 0. The molecule has 86 valence electrons. The standard InChI is InChI=1S/C13H12N2O2/c14-10-6-2-3-7-11(10)15-13(17)9-5-1-4-8-12(9)16/h1-8,16H,14H2,(H,15,17). The van der Waals surface area contributed by atoms with Crippen molar-refractivity contribution in [3.63, 3.8) is 0 Å². The van der Waals surface area contributed by atoms with E-state index in [0.717, 1.165) is 0 Å². The zero-order valence-corrected chi connectivity index (χ0v) is 9.05. The topological polar surface area (TPSA) is 75.3 Å². The van der Waals surface area contributed by atoms with Gasteiger partial charge in [0.25, 0.3) is 5.91 Å². The number of nitrogens with one attached hydrogen (secondary N) is 1. The first-order chi connectivity index (χ1) is 8.18. The van der Waals surface area contributed by atoms with Crippen LogP contribution < -0.4 is 11.1 Å². The number of anilines is 2. The highest BCUT2D eigenvalue weighted by molar-refractivity contribution is 6.07. The summed E-state index contributed by atoms with van der Waals surface area (Å²) in [6, 6.07) is 13.3. The van der Waals surface area contributed by atoms with E-state index in [1.54, 1.807) is 42.5 Å². The number of amides is 1. The van der Waals surface area contributed by atoms with Crippen molar-refractivity contribution in [1.82, 2.24) is 0 Å². The molecule has 2 rings (SSSR count). The molecule has 4 N–H and O–H groups in total. The van der Waals surface area contributed by atoms with Crippen LogP contribution in [0, 0.1) is 0 Å². The van der Waals surface area contributed by atoms with Gasteiger partial charge in [0.05, 0.1) is 16.9 Å². The lowest BCUT2D eigenvalue weighted by Crippen LogP contribution is -2.13. The van der Waals surface area contributed by atoms with E-state index in [4.69, 9.17) is 5.73 Å². The van der Waals surface area contributed by atoms with Crippen LogP contribution in [-0.2, 0) is 0 Å². The Morgan fingerprint density at radius 3 is 2.41 bits per heavy atom. The van der Waals surface area contributed by atoms with Crippen molar-refractivity contribution < 1.29 is 9.90 Å². The first-order valence-corrected chi connectivity index (χ1v) is 5.12. The van der Waals surface area contributed by atoms with E-state index < -0.39 is 0 Å². The van der Waals surface area contributed by atoms with Gasteiger partial charge >= 0.3 is 0 Å². The number of benzene rings is 2. The van der Waals surface area contributed by atoms with Gasteiger partial charge in [-0.25, -0.2) is 0 Å². The number of nitrogen functional groups attached to an aromatic ring is 1. The molecular formula is C13H12N2O2. The van der Waals surface area contributed by atoms with Gasteiger partial charge in [0, 0.05) is 0 Å². The molecule has 0 saturated heterocycles. The minimum atomic E-state index is -0.388. The Morgan fingerprint density at radius 1 is 1.06 bits per heavy atom. The van der Waals surface area contributed by atoms with Crippen LogP contribution in [0.25, 0.3) is 0 Å². The molecule has 4 heteroatoms. The maximum Gasteiger partial charge on any atom is 0.259 e. The predicted octanol–water partition coefficient (Wildman–Crippen LogP) is 2.23. The fourth-order valence-corrected chi connectivity index (χ4v) is 1.47. The molecule has 0 saturated carbocycles. The van der Waals surface area contributed by atoms with Crippen LogP contribution in [0.2, 0.25) is 0 Å². The number of hydrogen-bond donors (Lipinski definition) is 3. The lowest BCUT2D eigenvalue weighted by Gasteiger charge is -2.08. The SMILES string of the molecule is Nc1ccccc1NC(=O)c1ccccc1O. The van der Waals surface area contributed by atoms with Gasteiger partial charge in [-0.15, -0.1) is 0 Å². The Bertz CT molecular complexity index is 553. The second kappa shape index (κ2) is 4.57. The molecule has 0 aromatic heterocycles. The Labute approximate surface area is 98.7 Å². The molecule has 0 aliphatic heterocycles. The van der Waals surface area contributed by atoms with Gasteiger partial charge in [0.1, 0.15) is 5.75 Å². The van der Waals surface area contributed by atoms with Crippen molar-refractivity contribution >= 4 is 17.3 Å². The number of para-hydroxylation sites is 3. The van der Waals surface area contributed by atoms with Crippen LogP contribution in [0.3, 0.4) is 0 Å². The van der Waals surface area contributed by atoms with Gasteiger partial charge in [-0.05, 0) is 24.3 Å². The van der Waals surface area contributed by atoms with Crippen molar-refractivity contribution in [1.29, 1.82) is 0 Å². The Kier molecular flexibility index (Phi) is 2.96. The highest BCUT2D eigenvalue weighted by atomic mass is 16.3. The van der Waals surface area contributed by atoms with E-state index in [1.165, 1.54) is 6.07 Å². The summed E-state index contributed by atoms with van der Waals surface area (Å²) in [6.45, 7) is 0. The van der Waals surface area contributed by atoms with Crippen LogP contribution in [0.15, 0.2) is 48.5 Å². The predicted molar refractivity (Wildman–Crippen MR) is 66.9 cm³/mol. The number of rotatable bonds is 2. The second-order valence-corrected chi connectivity index (χ2v) is 3.56. The molecule has 0 bridgehead atoms. The summed E-state index contributed by atoms with van der Waals surface area (Å²) in [5.74, 6) is -0.444. The summed E-state index contributed by atoms with van der Waals surface area (Å²) in [6.07, 6.45) is 0. The summed E-state index contributed by atoms with van der Waals surface area (Å²) >= 11 is 0. The van der Waals surface area contributed by atoms with Crippen LogP contribution in [0.1, 0.15) is 10.4 Å². The number of aromatic hydroxyl groups is 1. The maximum absolute atomic E-state index is 11.9. The molecule has 4 nitrogen and oxygen atoms in total. The molecule has 0 unspecified atom stereocenters. The average molecular weight is 228 g/mol. The summed E-state index contributed by atoms with van der Waals surface area (Å²) in [5, 5.41) is 12.2. The molecular weight excluding hydrogens is 216 g/mol. The number of nitrogens with two attached hydrogens (primary N) is 1. The number of phenolic OH excluding ortho intramolecular Hbond substituents is 1. The van der Waals surface area contributed by atoms with E-state index in [9.17, 15) is 9.90 Å². The molecule has 0 atom stereocenters. The summed E-state index contributed by atoms with van der Waals surface area (Å²) in [4.78, 5) is 11.9. The number of hydrogen-bond acceptors (Lipinski definition) is 3. The third kappa shape index (κ3) is 2.36. The van der Waals surface area contributed by atoms with Gasteiger partial charge in [0.15, 0.2) is 0 Å². The minimum Gasteiger partial charge on any atom is -0.507 e. The van der Waals surface area contributed by atoms with Crippen molar-refractivity contribution in [3.05, 3.63) is 54.1 Å². The molecule has 0 aliphatic rings. The fourth-order valence-electron chi connectivity index (χ4n) is 1.47. The monoisotopic (exact) mass is 228 g/mol. The summed E-state index contributed by atoms with van der Waals surface area (Å²) in [7, 11) is 0. The normalized spacial score (nSPS) is 9.88. The zero-order chi connectivity index (χ0) is 12.3. The molecule has 2 aromatic rings. The van der Waals surface area contributed by atoms with E-state index in [0.29, 0.717) is 11.4 Å². The van der Waals surface area contributed by atoms with E-state index in [2.05, 4.69) is 5.32 Å². The number of carbonyl (C=O) groups excluding carboxylic acids is 1. The molecule has 0 heterocycles. The van der Waals surface area contributed by atoms with E-state index >= 15 is 0 Å². The lowest BCUT2D eigenvalue weighted by molar-refractivity contribution is 0.102. The molecule has 0 fully saturated rings. The zero-order valence-electron chi connectivity index (χ0n) is 9.05. The largest absolute Gasteiger partial charge is 0.507 e. The first kappa shape index (κ1) is 11.0. The second-order valence-electron chi connectivity index (χ2n) is 3.56. The minimum absolute atomic E-state index is 0.0560. The van der Waals surface area contributed by atoms with Gasteiger partial charge in [-0.1, -0.05) is 24.3 Å². The molecule has 1 amide bonds. The molecule has 0 spiro atoms. The molecule has 2 aromatic carbocycles. The Morgan fingerprint density at radius 2 is 1.71 bits per heavy atom. The maximum atomic E-state index is 11.9. The van der Waals surface area contributed by atoms with Crippen molar-refractivity contribution in [3.8, 4) is 5.75 Å². The third-order valence-corrected chi connectivity index (χ3v) is 2.36. The highest BCUT2D eigenvalue weighted by Gasteiger charge is 2.11. The highest BCUT2D eigenvalue weighted by Crippen LogP contribution is 2.21. The van der Waals surface area contributed by atoms with Crippen LogP contribution in [-0.4, -0.2) is 11.0 Å². The molecule has 0 aliphatic carbocycles. The van der Waals surface area contributed by atoms with Crippen LogP contribution in [0.5, 0.6) is 5.75 Å². The Hall–Kier alpha value is -2.49. The average Bonchev–Trinajstić information content (AvgIpc) is 2.32. The Balaban J connectivity index is 2.24. The lowest BCUT2D eigenvalue weighted by atomic mass is 10.2. The molecule has 17 heavy (non-hydrogen) atoms. The number of carbonyl (C=O) groups is 1. The summed E-state index contributed by atoms with van der Waals surface area (Å²) in [5.41, 5.74) is 6.94. The third-order valence-electron chi connectivity index (χ3n) is 2.36. The van der Waals surface area contributed by atoms with E-state index in [-0.39, 0.29) is 17.2 Å². The van der Waals surface area contributed by atoms with Gasteiger partial charge in [-0.2, -0.15) is 0 Å². The smallest absolute Gasteiger partial charge is 0.259 e. The number of phenols is 1. The fraction of sp³-hybridized carbons (Fsp3) is 0. The molecule has 0 radical (unpaired) electrons. The van der Waals surface area contributed by atoms with Crippen molar-refractivity contribution in [2.75, 3.05) is 11.1 Å². The van der Waals surface area contributed by atoms with E-state index in [1.807, 2.05) is 0 Å². The quantitative estimate of drug-likeness (QED) is 0.690. The van der Waals surface area contributed by atoms with Crippen LogP contribution >= 0.6 is 0 Å².